The highest BCUT2D eigenvalue weighted by molar-refractivity contribution is 5.92. The standard InChI is InChI=1S/C10H22N4O/c1-9(2)10(15)14-8-7-13-6-5-12-4-3-11/h12-13H,1,3-8,11H2,2H3,(H,14,15). The lowest BCUT2D eigenvalue weighted by Gasteiger charge is -2.07. The summed E-state index contributed by atoms with van der Waals surface area (Å²) in [6.07, 6.45) is 0. The highest BCUT2D eigenvalue weighted by Gasteiger charge is 1.98. The summed E-state index contributed by atoms with van der Waals surface area (Å²) in [7, 11) is 0. The zero-order valence-corrected chi connectivity index (χ0v) is 9.44. The van der Waals surface area contributed by atoms with Gasteiger partial charge in [0.05, 0.1) is 0 Å². The Labute approximate surface area is 91.5 Å². The molecule has 0 aromatic carbocycles. The lowest BCUT2D eigenvalue weighted by Crippen LogP contribution is -2.36. The van der Waals surface area contributed by atoms with E-state index in [1.165, 1.54) is 0 Å². The van der Waals surface area contributed by atoms with Gasteiger partial charge < -0.3 is 21.7 Å². The van der Waals surface area contributed by atoms with Crippen LogP contribution >= 0.6 is 0 Å². The highest BCUT2D eigenvalue weighted by atomic mass is 16.1. The second-order valence-corrected chi connectivity index (χ2v) is 3.32. The minimum Gasteiger partial charge on any atom is -0.351 e. The monoisotopic (exact) mass is 214 g/mol. The van der Waals surface area contributed by atoms with E-state index in [0.29, 0.717) is 18.7 Å². The lowest BCUT2D eigenvalue weighted by atomic mass is 10.3. The molecule has 0 aromatic rings. The molecule has 0 unspecified atom stereocenters. The van der Waals surface area contributed by atoms with Crippen molar-refractivity contribution in [1.82, 2.24) is 16.0 Å². The van der Waals surface area contributed by atoms with E-state index in [1.807, 2.05) is 0 Å². The number of nitrogens with one attached hydrogen (secondary N) is 3. The lowest BCUT2D eigenvalue weighted by molar-refractivity contribution is -0.117. The SMILES string of the molecule is C=C(C)C(=O)NCCNCCNCCN. The number of rotatable bonds is 9. The minimum atomic E-state index is -0.0851. The van der Waals surface area contributed by atoms with E-state index in [9.17, 15) is 4.79 Å². The molecule has 0 aliphatic rings. The van der Waals surface area contributed by atoms with Crippen molar-refractivity contribution in [2.75, 3.05) is 39.3 Å². The molecule has 0 aromatic heterocycles. The van der Waals surface area contributed by atoms with Crippen molar-refractivity contribution in [1.29, 1.82) is 0 Å². The number of hydrogen-bond acceptors (Lipinski definition) is 4. The van der Waals surface area contributed by atoms with Crippen LogP contribution in [-0.4, -0.2) is 45.2 Å². The zero-order valence-electron chi connectivity index (χ0n) is 9.44. The predicted octanol–water partition coefficient (Wildman–Crippen LogP) is -1.18. The van der Waals surface area contributed by atoms with E-state index >= 15 is 0 Å². The topological polar surface area (TPSA) is 79.2 Å². The molecular weight excluding hydrogens is 192 g/mol. The van der Waals surface area contributed by atoms with Gasteiger partial charge in [0.25, 0.3) is 0 Å². The number of nitrogens with two attached hydrogens (primary N) is 1. The highest BCUT2D eigenvalue weighted by Crippen LogP contribution is 1.83. The first-order valence-electron chi connectivity index (χ1n) is 5.23. The fraction of sp³-hybridized carbons (Fsp3) is 0.700. The van der Waals surface area contributed by atoms with Crippen LogP contribution in [0, 0.1) is 0 Å². The second-order valence-electron chi connectivity index (χ2n) is 3.32. The van der Waals surface area contributed by atoms with Crippen LogP contribution in [0.25, 0.3) is 0 Å². The summed E-state index contributed by atoms with van der Waals surface area (Å²) < 4.78 is 0. The summed E-state index contributed by atoms with van der Waals surface area (Å²) >= 11 is 0. The Kier molecular flexibility index (Phi) is 9.05. The number of amides is 1. The van der Waals surface area contributed by atoms with Gasteiger partial charge in [-0.15, -0.1) is 0 Å². The maximum absolute atomic E-state index is 11.1. The van der Waals surface area contributed by atoms with Gasteiger partial charge in [0, 0.05) is 44.8 Å². The van der Waals surface area contributed by atoms with E-state index in [1.54, 1.807) is 6.92 Å². The number of hydrogen-bond donors (Lipinski definition) is 4. The van der Waals surface area contributed by atoms with Crippen molar-refractivity contribution in [2.24, 2.45) is 5.73 Å². The van der Waals surface area contributed by atoms with Gasteiger partial charge in [-0.25, -0.2) is 0 Å². The van der Waals surface area contributed by atoms with Crippen LogP contribution in [-0.2, 0) is 4.79 Å². The van der Waals surface area contributed by atoms with Crippen LogP contribution in [0.1, 0.15) is 6.92 Å². The Hall–Kier alpha value is -0.910. The van der Waals surface area contributed by atoms with Gasteiger partial charge >= 0.3 is 0 Å². The van der Waals surface area contributed by atoms with Crippen LogP contribution < -0.4 is 21.7 Å². The van der Waals surface area contributed by atoms with E-state index < -0.39 is 0 Å². The fourth-order valence-corrected chi connectivity index (χ4v) is 0.944. The second kappa shape index (κ2) is 9.64. The molecule has 0 aliphatic carbocycles. The molecule has 0 radical (unpaired) electrons. The molecule has 0 heterocycles. The van der Waals surface area contributed by atoms with Gasteiger partial charge in [-0.1, -0.05) is 6.58 Å². The van der Waals surface area contributed by atoms with Crippen molar-refractivity contribution < 1.29 is 4.79 Å². The molecule has 5 N–H and O–H groups in total. The molecule has 0 bridgehead atoms. The fourth-order valence-electron chi connectivity index (χ4n) is 0.944. The smallest absolute Gasteiger partial charge is 0.246 e. The van der Waals surface area contributed by atoms with Crippen molar-refractivity contribution in [2.45, 2.75) is 6.92 Å². The quantitative estimate of drug-likeness (QED) is 0.288. The van der Waals surface area contributed by atoms with Gasteiger partial charge in [-0.05, 0) is 6.92 Å². The van der Waals surface area contributed by atoms with Gasteiger partial charge in [-0.3, -0.25) is 4.79 Å². The Morgan fingerprint density at radius 3 is 2.20 bits per heavy atom. The van der Waals surface area contributed by atoms with Crippen LogP contribution in [0.5, 0.6) is 0 Å². The van der Waals surface area contributed by atoms with Crippen LogP contribution in [0.4, 0.5) is 0 Å². The van der Waals surface area contributed by atoms with E-state index in [4.69, 9.17) is 5.73 Å². The van der Waals surface area contributed by atoms with E-state index in [-0.39, 0.29) is 5.91 Å². The average Bonchev–Trinajstić information content (AvgIpc) is 2.21. The summed E-state index contributed by atoms with van der Waals surface area (Å²) in [5.41, 5.74) is 5.86. The molecule has 0 rings (SSSR count). The average molecular weight is 214 g/mol. The van der Waals surface area contributed by atoms with Gasteiger partial charge in [-0.2, -0.15) is 0 Å². The summed E-state index contributed by atoms with van der Waals surface area (Å²) in [6, 6.07) is 0. The molecule has 5 heteroatoms. The molecule has 0 aliphatic heterocycles. The van der Waals surface area contributed by atoms with E-state index in [0.717, 1.165) is 26.2 Å². The van der Waals surface area contributed by atoms with Crippen molar-refractivity contribution in [3.8, 4) is 0 Å². The first-order valence-corrected chi connectivity index (χ1v) is 5.23. The molecular formula is C10H22N4O. The zero-order chi connectivity index (χ0) is 11.5. The van der Waals surface area contributed by atoms with Crippen molar-refractivity contribution in [3.05, 3.63) is 12.2 Å². The molecule has 1 amide bonds. The first-order chi connectivity index (χ1) is 7.18. The largest absolute Gasteiger partial charge is 0.351 e. The normalized spacial score (nSPS) is 10.0. The number of carbonyl (C=O) groups excluding carboxylic acids is 1. The van der Waals surface area contributed by atoms with Gasteiger partial charge in [0.15, 0.2) is 0 Å². The van der Waals surface area contributed by atoms with Crippen LogP contribution in [0.2, 0.25) is 0 Å². The summed E-state index contributed by atoms with van der Waals surface area (Å²) in [5, 5.41) is 9.10. The molecule has 0 saturated heterocycles. The maximum atomic E-state index is 11.1. The molecule has 0 atom stereocenters. The van der Waals surface area contributed by atoms with Gasteiger partial charge in [0.1, 0.15) is 0 Å². The van der Waals surface area contributed by atoms with Crippen molar-refractivity contribution >= 4 is 5.91 Å². The third-order valence-corrected chi connectivity index (χ3v) is 1.77. The molecule has 0 saturated carbocycles. The summed E-state index contributed by atoms with van der Waals surface area (Å²) in [6.45, 7) is 9.91. The molecule has 15 heavy (non-hydrogen) atoms. The summed E-state index contributed by atoms with van der Waals surface area (Å²) in [4.78, 5) is 11.1. The molecule has 88 valence electrons. The van der Waals surface area contributed by atoms with Crippen LogP contribution in [0.3, 0.4) is 0 Å². The van der Waals surface area contributed by atoms with Crippen molar-refractivity contribution in [3.63, 3.8) is 0 Å². The molecule has 5 nitrogen and oxygen atoms in total. The number of carbonyl (C=O) groups is 1. The van der Waals surface area contributed by atoms with Crippen LogP contribution in [0.15, 0.2) is 12.2 Å². The Bertz CT molecular complexity index is 194. The van der Waals surface area contributed by atoms with Gasteiger partial charge in [0.2, 0.25) is 5.91 Å². The molecule has 0 spiro atoms. The third kappa shape index (κ3) is 9.40. The maximum Gasteiger partial charge on any atom is 0.246 e. The first kappa shape index (κ1) is 14.1. The molecule has 0 fully saturated rings. The Morgan fingerprint density at radius 2 is 1.67 bits per heavy atom. The predicted molar refractivity (Wildman–Crippen MR) is 62.6 cm³/mol. The Morgan fingerprint density at radius 1 is 1.13 bits per heavy atom. The summed E-state index contributed by atoms with van der Waals surface area (Å²) in [5.74, 6) is -0.0851. The minimum absolute atomic E-state index is 0.0851. The Balaban J connectivity index is 3.11. The van der Waals surface area contributed by atoms with E-state index in [2.05, 4.69) is 22.5 Å². The third-order valence-electron chi connectivity index (χ3n) is 1.77.